The van der Waals surface area contributed by atoms with Crippen LogP contribution in [0.15, 0.2) is 0 Å². The second-order valence-electron chi connectivity index (χ2n) is 5.72. The first-order chi connectivity index (χ1) is 8.93. The number of hydrogen-bond donors (Lipinski definition) is 0. The molecule has 0 bridgehead atoms. The third-order valence-corrected chi connectivity index (χ3v) is 3.04. The van der Waals surface area contributed by atoms with Gasteiger partial charge in [-0.15, -0.1) is 0 Å². The molecule has 1 rings (SSSR count). The van der Waals surface area contributed by atoms with Gasteiger partial charge in [0.25, 0.3) is 0 Å². The Labute approximate surface area is 115 Å². The van der Waals surface area contributed by atoms with Crippen molar-refractivity contribution in [2.75, 3.05) is 20.2 Å². The third kappa shape index (κ3) is 3.16. The number of rotatable bonds is 1. The predicted molar refractivity (Wildman–Crippen MR) is 62.9 cm³/mol. The number of nitrogens with zero attached hydrogens (tertiary/aromatic N) is 1. The lowest BCUT2D eigenvalue weighted by molar-refractivity contribution is -0.229. The monoisotopic (exact) mass is 297 g/mol. The van der Waals surface area contributed by atoms with E-state index in [1.807, 2.05) is 0 Å². The van der Waals surface area contributed by atoms with Gasteiger partial charge in [0.2, 0.25) is 0 Å². The van der Waals surface area contributed by atoms with E-state index in [2.05, 4.69) is 4.74 Å². The molecule has 1 aliphatic heterocycles. The van der Waals surface area contributed by atoms with E-state index in [9.17, 15) is 22.8 Å². The van der Waals surface area contributed by atoms with Gasteiger partial charge in [0.15, 0.2) is 5.41 Å². The summed E-state index contributed by atoms with van der Waals surface area (Å²) in [5, 5.41) is 0. The molecule has 1 atom stereocenters. The highest BCUT2D eigenvalue weighted by Crippen LogP contribution is 2.46. The molecule has 1 fully saturated rings. The Morgan fingerprint density at radius 1 is 1.20 bits per heavy atom. The molecular weight excluding hydrogens is 279 g/mol. The van der Waals surface area contributed by atoms with Gasteiger partial charge in [0.1, 0.15) is 5.60 Å². The maximum Gasteiger partial charge on any atom is 0.410 e. The van der Waals surface area contributed by atoms with Gasteiger partial charge in [-0.2, -0.15) is 13.2 Å². The zero-order valence-corrected chi connectivity index (χ0v) is 11.8. The summed E-state index contributed by atoms with van der Waals surface area (Å²) >= 11 is 0. The second-order valence-corrected chi connectivity index (χ2v) is 5.72. The molecule has 0 saturated carbocycles. The number of carbonyl (C=O) groups excluding carboxylic acids is 2. The summed E-state index contributed by atoms with van der Waals surface area (Å²) in [6.45, 7) is 3.84. The Bertz CT molecular complexity index is 402. The SMILES string of the molecule is COC(=O)C1(C(F)(F)F)CCN(C(=O)OC(C)(C)C)C1. The predicted octanol–water partition coefficient (Wildman–Crippen LogP) is 2.35. The molecule has 0 aromatic rings. The average molecular weight is 297 g/mol. The molecule has 20 heavy (non-hydrogen) atoms. The van der Waals surface area contributed by atoms with Gasteiger partial charge in [-0.3, -0.25) is 4.79 Å². The summed E-state index contributed by atoms with van der Waals surface area (Å²) in [6.07, 6.45) is -6.17. The molecule has 0 radical (unpaired) electrons. The number of esters is 1. The van der Waals surface area contributed by atoms with Crippen LogP contribution in [0, 0.1) is 5.41 Å². The van der Waals surface area contributed by atoms with Crippen LogP contribution in [0.3, 0.4) is 0 Å². The van der Waals surface area contributed by atoms with E-state index in [0.717, 1.165) is 12.0 Å². The molecule has 1 saturated heterocycles. The summed E-state index contributed by atoms with van der Waals surface area (Å²) in [6, 6.07) is 0. The molecule has 1 amide bonds. The van der Waals surface area contributed by atoms with Gasteiger partial charge >= 0.3 is 18.2 Å². The third-order valence-electron chi connectivity index (χ3n) is 3.04. The summed E-state index contributed by atoms with van der Waals surface area (Å²) < 4.78 is 48.7. The Hall–Kier alpha value is -1.47. The first-order valence-electron chi connectivity index (χ1n) is 6.06. The fraction of sp³-hybridized carbons (Fsp3) is 0.833. The van der Waals surface area contributed by atoms with E-state index in [1.54, 1.807) is 20.8 Å². The second kappa shape index (κ2) is 5.14. The molecule has 116 valence electrons. The van der Waals surface area contributed by atoms with E-state index < -0.39 is 42.2 Å². The van der Waals surface area contributed by atoms with Gasteiger partial charge < -0.3 is 14.4 Å². The molecule has 0 N–H and O–H groups in total. The van der Waals surface area contributed by atoms with Crippen LogP contribution in [0.5, 0.6) is 0 Å². The van der Waals surface area contributed by atoms with E-state index in [4.69, 9.17) is 4.74 Å². The highest BCUT2D eigenvalue weighted by Gasteiger charge is 2.65. The zero-order valence-electron chi connectivity index (χ0n) is 11.8. The van der Waals surface area contributed by atoms with Crippen LogP contribution in [0.4, 0.5) is 18.0 Å². The van der Waals surface area contributed by atoms with Crippen molar-refractivity contribution >= 4 is 12.1 Å². The number of amides is 1. The normalized spacial score (nSPS) is 23.6. The molecule has 0 aromatic carbocycles. The highest BCUT2D eigenvalue weighted by molar-refractivity contribution is 5.80. The van der Waals surface area contributed by atoms with Gasteiger partial charge in [-0.05, 0) is 27.2 Å². The number of halogens is 3. The zero-order chi connectivity index (χ0) is 15.8. The Morgan fingerprint density at radius 2 is 1.75 bits per heavy atom. The van der Waals surface area contributed by atoms with Crippen LogP contribution >= 0.6 is 0 Å². The van der Waals surface area contributed by atoms with Gasteiger partial charge in [0.05, 0.1) is 7.11 Å². The number of ether oxygens (including phenoxy) is 2. The fourth-order valence-electron chi connectivity index (χ4n) is 2.00. The summed E-state index contributed by atoms with van der Waals surface area (Å²) in [5.74, 6) is -1.38. The van der Waals surface area contributed by atoms with Crippen molar-refractivity contribution in [3.05, 3.63) is 0 Å². The van der Waals surface area contributed by atoms with Crippen LogP contribution in [0.25, 0.3) is 0 Å². The van der Waals surface area contributed by atoms with E-state index >= 15 is 0 Å². The Balaban J connectivity index is 2.91. The number of carbonyl (C=O) groups is 2. The summed E-state index contributed by atoms with van der Waals surface area (Å²) in [5.41, 5.74) is -3.48. The standard InChI is InChI=1S/C12H18F3NO4/c1-10(2,3)20-9(18)16-6-5-11(7-16,8(17)19-4)12(13,14)15/h5-7H2,1-4H3. The van der Waals surface area contributed by atoms with Crippen molar-refractivity contribution in [1.29, 1.82) is 0 Å². The summed E-state index contributed by atoms with van der Waals surface area (Å²) in [7, 11) is 0.895. The van der Waals surface area contributed by atoms with Crippen molar-refractivity contribution in [3.8, 4) is 0 Å². The van der Waals surface area contributed by atoms with E-state index in [1.165, 1.54) is 0 Å². The molecule has 0 spiro atoms. The summed E-state index contributed by atoms with van der Waals surface area (Å²) in [4.78, 5) is 24.2. The van der Waals surface area contributed by atoms with E-state index in [-0.39, 0.29) is 6.54 Å². The number of alkyl halides is 3. The molecule has 1 aliphatic rings. The average Bonchev–Trinajstić information content (AvgIpc) is 2.71. The van der Waals surface area contributed by atoms with Crippen LogP contribution < -0.4 is 0 Å². The van der Waals surface area contributed by atoms with Crippen molar-refractivity contribution < 1.29 is 32.2 Å². The number of hydrogen-bond acceptors (Lipinski definition) is 4. The molecule has 0 aromatic heterocycles. The number of likely N-dealkylation sites (tertiary alicyclic amines) is 1. The van der Waals surface area contributed by atoms with Crippen LogP contribution in [0.2, 0.25) is 0 Å². The van der Waals surface area contributed by atoms with Crippen molar-refractivity contribution in [3.63, 3.8) is 0 Å². The lowest BCUT2D eigenvalue weighted by Gasteiger charge is -2.29. The molecular formula is C12H18F3NO4. The number of methoxy groups -OCH3 is 1. The van der Waals surface area contributed by atoms with Crippen molar-refractivity contribution in [2.45, 2.75) is 39.0 Å². The van der Waals surface area contributed by atoms with E-state index in [0.29, 0.717) is 0 Å². The molecule has 1 unspecified atom stereocenters. The van der Waals surface area contributed by atoms with Crippen molar-refractivity contribution in [1.82, 2.24) is 4.90 Å². The lowest BCUT2D eigenvalue weighted by Crippen LogP contribution is -2.48. The first kappa shape index (κ1) is 16.6. The molecule has 1 heterocycles. The topological polar surface area (TPSA) is 55.8 Å². The fourth-order valence-corrected chi connectivity index (χ4v) is 2.00. The minimum atomic E-state index is -4.78. The Kier molecular flexibility index (Phi) is 4.26. The van der Waals surface area contributed by atoms with Crippen LogP contribution in [-0.2, 0) is 14.3 Å². The van der Waals surface area contributed by atoms with Gasteiger partial charge in [-0.1, -0.05) is 0 Å². The van der Waals surface area contributed by atoms with Crippen LogP contribution in [-0.4, -0.2) is 48.9 Å². The molecule has 8 heteroatoms. The first-order valence-corrected chi connectivity index (χ1v) is 6.06. The minimum Gasteiger partial charge on any atom is -0.468 e. The minimum absolute atomic E-state index is 0.205. The maximum atomic E-state index is 13.1. The van der Waals surface area contributed by atoms with Crippen LogP contribution in [0.1, 0.15) is 27.2 Å². The maximum absolute atomic E-state index is 13.1. The van der Waals surface area contributed by atoms with Gasteiger partial charge in [0, 0.05) is 13.1 Å². The quantitative estimate of drug-likeness (QED) is 0.697. The molecule has 0 aliphatic carbocycles. The van der Waals surface area contributed by atoms with Crippen molar-refractivity contribution in [2.24, 2.45) is 5.41 Å². The Morgan fingerprint density at radius 3 is 2.15 bits per heavy atom. The smallest absolute Gasteiger partial charge is 0.410 e. The largest absolute Gasteiger partial charge is 0.468 e. The highest BCUT2D eigenvalue weighted by atomic mass is 19.4. The molecule has 5 nitrogen and oxygen atoms in total. The van der Waals surface area contributed by atoms with Gasteiger partial charge in [-0.25, -0.2) is 4.79 Å². The lowest BCUT2D eigenvalue weighted by atomic mass is 9.86.